The fourth-order valence-corrected chi connectivity index (χ4v) is 2.59. The van der Waals surface area contributed by atoms with Crippen molar-refractivity contribution in [3.8, 4) is 0 Å². The molecule has 0 amide bonds. The highest BCUT2D eigenvalue weighted by molar-refractivity contribution is 5.55. The highest BCUT2D eigenvalue weighted by Crippen LogP contribution is 2.28. The van der Waals surface area contributed by atoms with Crippen molar-refractivity contribution in [2.45, 2.75) is 18.8 Å². The first-order chi connectivity index (χ1) is 9.21. The number of hydrogen-bond donors (Lipinski definition) is 1. The van der Waals surface area contributed by atoms with E-state index in [4.69, 9.17) is 9.47 Å². The first-order valence-corrected chi connectivity index (χ1v) is 6.43. The topological polar surface area (TPSA) is 33.7 Å². The number of hydrogen-bond acceptors (Lipinski definition) is 4. The second-order valence-electron chi connectivity index (χ2n) is 4.72. The molecule has 0 aliphatic carbocycles. The van der Waals surface area contributed by atoms with Crippen molar-refractivity contribution in [3.63, 3.8) is 0 Å². The van der Waals surface area contributed by atoms with Gasteiger partial charge in [0.15, 0.2) is 0 Å². The van der Waals surface area contributed by atoms with E-state index in [1.807, 2.05) is 13.1 Å². The van der Waals surface area contributed by atoms with E-state index in [0.29, 0.717) is 12.1 Å². The molecule has 1 aliphatic rings. The van der Waals surface area contributed by atoms with Gasteiger partial charge in [-0.15, -0.1) is 0 Å². The van der Waals surface area contributed by atoms with Crippen LogP contribution in [0.2, 0.25) is 0 Å². The molecule has 0 aromatic heterocycles. The predicted molar refractivity (Wildman–Crippen MR) is 73.0 cm³/mol. The number of rotatable bonds is 5. The van der Waals surface area contributed by atoms with Gasteiger partial charge in [-0.2, -0.15) is 0 Å². The first-order valence-electron chi connectivity index (χ1n) is 6.43. The van der Waals surface area contributed by atoms with Crippen LogP contribution in [-0.2, 0) is 16.0 Å². The molecule has 4 nitrogen and oxygen atoms in total. The number of halogens is 1. The molecular formula is C14H21FN2O2. The molecule has 1 saturated heterocycles. The van der Waals surface area contributed by atoms with Crippen LogP contribution in [0.4, 0.5) is 10.1 Å². The monoisotopic (exact) mass is 268 g/mol. The number of nitrogens with zero attached hydrogens (tertiary/aromatic N) is 1. The Morgan fingerprint density at radius 3 is 2.42 bits per heavy atom. The second kappa shape index (κ2) is 6.32. The van der Waals surface area contributed by atoms with Gasteiger partial charge in [-0.25, -0.2) is 4.39 Å². The summed E-state index contributed by atoms with van der Waals surface area (Å²) in [5.41, 5.74) is 1.60. The van der Waals surface area contributed by atoms with Gasteiger partial charge in [0.25, 0.3) is 0 Å². The van der Waals surface area contributed by atoms with E-state index in [9.17, 15) is 4.39 Å². The molecule has 2 rings (SSSR count). The molecule has 0 saturated carbocycles. The smallest absolute Gasteiger partial charge is 0.129 e. The Morgan fingerprint density at radius 2 is 1.89 bits per heavy atom. The van der Waals surface area contributed by atoms with Crippen LogP contribution in [0, 0.1) is 5.82 Å². The molecule has 106 valence electrons. The summed E-state index contributed by atoms with van der Waals surface area (Å²) in [6.45, 7) is 1.94. The summed E-state index contributed by atoms with van der Waals surface area (Å²) in [6.07, 6.45) is 0.0476. The third-order valence-electron chi connectivity index (χ3n) is 3.61. The van der Waals surface area contributed by atoms with Crippen LogP contribution in [0.5, 0.6) is 0 Å². The van der Waals surface area contributed by atoms with Crippen LogP contribution >= 0.6 is 0 Å². The minimum atomic E-state index is -0.179. The highest BCUT2D eigenvalue weighted by atomic mass is 19.1. The molecule has 2 unspecified atom stereocenters. The van der Waals surface area contributed by atoms with E-state index < -0.39 is 0 Å². The number of nitrogens with one attached hydrogen (secondary N) is 1. The van der Waals surface area contributed by atoms with Crippen LogP contribution < -0.4 is 10.2 Å². The molecule has 1 aromatic carbocycles. The fourth-order valence-electron chi connectivity index (χ4n) is 2.59. The molecule has 19 heavy (non-hydrogen) atoms. The van der Waals surface area contributed by atoms with E-state index in [2.05, 4.69) is 10.2 Å². The third kappa shape index (κ3) is 2.88. The Morgan fingerprint density at radius 1 is 1.26 bits per heavy atom. The van der Waals surface area contributed by atoms with E-state index in [-0.39, 0.29) is 18.0 Å². The quantitative estimate of drug-likeness (QED) is 0.875. The standard InChI is InChI=1S/C14H21FN2O2/c1-16-7-10-11(15)5-4-6-12(10)17-8-13(18-2)14(9-17)19-3/h4-6,13-14,16H,7-9H2,1-3H3. The van der Waals surface area contributed by atoms with Gasteiger partial charge >= 0.3 is 0 Å². The van der Waals surface area contributed by atoms with Crippen LogP contribution in [-0.4, -0.2) is 46.6 Å². The fraction of sp³-hybridized carbons (Fsp3) is 0.571. The molecule has 5 heteroatoms. The van der Waals surface area contributed by atoms with Gasteiger partial charge in [-0.1, -0.05) is 6.07 Å². The molecule has 2 atom stereocenters. The predicted octanol–water partition coefficient (Wildman–Crippen LogP) is 1.40. The molecule has 1 aliphatic heterocycles. The first kappa shape index (κ1) is 14.2. The lowest BCUT2D eigenvalue weighted by molar-refractivity contribution is -0.00461. The number of ether oxygens (including phenoxy) is 2. The molecule has 0 bridgehead atoms. The van der Waals surface area contributed by atoms with Crippen LogP contribution in [0.15, 0.2) is 18.2 Å². The van der Waals surface area contributed by atoms with Gasteiger partial charge < -0.3 is 19.7 Å². The Hall–Kier alpha value is -1.17. The summed E-state index contributed by atoms with van der Waals surface area (Å²) in [4.78, 5) is 2.12. The van der Waals surface area contributed by atoms with Crippen molar-refractivity contribution < 1.29 is 13.9 Å². The minimum Gasteiger partial charge on any atom is -0.377 e. The highest BCUT2D eigenvalue weighted by Gasteiger charge is 2.34. The van der Waals surface area contributed by atoms with Crippen molar-refractivity contribution in [2.75, 3.05) is 39.3 Å². The summed E-state index contributed by atoms with van der Waals surface area (Å²) in [5, 5.41) is 3.01. The lowest BCUT2D eigenvalue weighted by atomic mass is 10.1. The van der Waals surface area contributed by atoms with Gasteiger partial charge in [0, 0.05) is 45.1 Å². The Kier molecular flexibility index (Phi) is 4.74. The Bertz CT molecular complexity index is 416. The van der Waals surface area contributed by atoms with Crippen molar-refractivity contribution in [3.05, 3.63) is 29.6 Å². The van der Waals surface area contributed by atoms with Gasteiger partial charge in [0.05, 0.1) is 0 Å². The maximum atomic E-state index is 13.9. The SMILES string of the molecule is CNCc1c(F)cccc1N1CC(OC)C(OC)C1. The minimum absolute atomic E-state index is 0.0238. The van der Waals surface area contributed by atoms with Crippen molar-refractivity contribution in [1.29, 1.82) is 0 Å². The lowest BCUT2D eigenvalue weighted by Gasteiger charge is -2.22. The third-order valence-corrected chi connectivity index (χ3v) is 3.61. The average molecular weight is 268 g/mol. The summed E-state index contributed by atoms with van der Waals surface area (Å²) in [5.74, 6) is -0.179. The molecule has 1 heterocycles. The Labute approximate surface area is 113 Å². The van der Waals surface area contributed by atoms with Crippen LogP contribution in [0.1, 0.15) is 5.56 Å². The van der Waals surface area contributed by atoms with Gasteiger partial charge in [0.1, 0.15) is 18.0 Å². The molecule has 1 fully saturated rings. The summed E-state index contributed by atoms with van der Waals surface area (Å²) in [7, 11) is 5.18. The zero-order valence-electron chi connectivity index (χ0n) is 11.6. The Balaban J connectivity index is 2.25. The van der Waals surface area contributed by atoms with Crippen LogP contribution in [0.25, 0.3) is 0 Å². The second-order valence-corrected chi connectivity index (χ2v) is 4.72. The van der Waals surface area contributed by atoms with Gasteiger partial charge in [-0.3, -0.25) is 0 Å². The van der Waals surface area contributed by atoms with Crippen LogP contribution in [0.3, 0.4) is 0 Å². The lowest BCUT2D eigenvalue weighted by Crippen LogP contribution is -2.27. The zero-order valence-corrected chi connectivity index (χ0v) is 11.6. The maximum absolute atomic E-state index is 13.9. The molecular weight excluding hydrogens is 247 g/mol. The van der Waals surface area contributed by atoms with E-state index in [0.717, 1.165) is 18.8 Å². The van der Waals surface area contributed by atoms with E-state index in [1.54, 1.807) is 20.3 Å². The van der Waals surface area contributed by atoms with Gasteiger partial charge in [0.2, 0.25) is 0 Å². The maximum Gasteiger partial charge on any atom is 0.129 e. The number of methoxy groups -OCH3 is 2. The zero-order chi connectivity index (χ0) is 13.8. The molecule has 1 N–H and O–H groups in total. The van der Waals surface area contributed by atoms with Crippen molar-refractivity contribution >= 4 is 5.69 Å². The molecule has 0 spiro atoms. The average Bonchev–Trinajstić information content (AvgIpc) is 2.84. The number of benzene rings is 1. The van der Waals surface area contributed by atoms with E-state index in [1.165, 1.54) is 6.07 Å². The summed E-state index contributed by atoms with van der Waals surface area (Å²) >= 11 is 0. The van der Waals surface area contributed by atoms with Crippen molar-refractivity contribution in [2.24, 2.45) is 0 Å². The molecule has 0 radical (unpaired) electrons. The summed E-state index contributed by atoms with van der Waals surface area (Å²) in [6, 6.07) is 5.18. The molecule has 1 aromatic rings. The van der Waals surface area contributed by atoms with Gasteiger partial charge in [-0.05, 0) is 19.2 Å². The van der Waals surface area contributed by atoms with E-state index >= 15 is 0 Å². The number of anilines is 1. The normalized spacial score (nSPS) is 23.1. The largest absolute Gasteiger partial charge is 0.377 e. The summed E-state index contributed by atoms with van der Waals surface area (Å²) < 4.78 is 24.8. The van der Waals surface area contributed by atoms with Crippen molar-refractivity contribution in [1.82, 2.24) is 5.32 Å².